The first-order chi connectivity index (χ1) is 10.2. The molecule has 0 bridgehead atoms. The van der Waals surface area contributed by atoms with Gasteiger partial charge in [0.05, 0.1) is 6.04 Å². The van der Waals surface area contributed by atoms with Gasteiger partial charge in [-0.1, -0.05) is 56.1 Å². The molecule has 0 aliphatic carbocycles. The Labute approximate surface area is 131 Å². The van der Waals surface area contributed by atoms with Gasteiger partial charge in [0.15, 0.2) is 0 Å². The Morgan fingerprint density at radius 1 is 1.14 bits per heavy atom. The average molecular weight is 306 g/mol. The smallest absolute Gasteiger partial charge is 0.128 e. The molecule has 0 aliphatic rings. The Morgan fingerprint density at radius 3 is 2.67 bits per heavy atom. The van der Waals surface area contributed by atoms with Gasteiger partial charge in [0.1, 0.15) is 5.82 Å². The zero-order valence-electron chi connectivity index (χ0n) is 12.5. The normalized spacial score (nSPS) is 12.4. The number of rotatable bonds is 6. The quantitative estimate of drug-likeness (QED) is 0.780. The van der Waals surface area contributed by atoms with Crippen molar-refractivity contribution in [1.82, 2.24) is 5.32 Å². The fraction of sp³-hybridized carbons (Fsp3) is 0.333. The second-order valence-electron chi connectivity index (χ2n) is 5.15. The largest absolute Gasteiger partial charge is 0.306 e. The molecule has 1 unspecified atom stereocenters. The molecule has 0 aromatic heterocycles. The zero-order chi connectivity index (χ0) is 15.2. The minimum absolute atomic E-state index is 0.175. The fourth-order valence-electron chi connectivity index (χ4n) is 2.56. The Balaban J connectivity index is 2.42. The molecule has 0 aliphatic heterocycles. The van der Waals surface area contributed by atoms with Crippen molar-refractivity contribution in [2.45, 2.75) is 32.7 Å². The third-order valence-electron chi connectivity index (χ3n) is 3.50. The van der Waals surface area contributed by atoms with Gasteiger partial charge in [-0.2, -0.15) is 0 Å². The second kappa shape index (κ2) is 7.58. The molecule has 2 rings (SSSR count). The number of benzene rings is 2. The van der Waals surface area contributed by atoms with Gasteiger partial charge >= 0.3 is 0 Å². The Morgan fingerprint density at radius 2 is 1.95 bits per heavy atom. The van der Waals surface area contributed by atoms with Gasteiger partial charge in [-0.25, -0.2) is 4.39 Å². The van der Waals surface area contributed by atoms with Crippen LogP contribution in [0.3, 0.4) is 0 Å². The van der Waals surface area contributed by atoms with Crippen molar-refractivity contribution in [1.29, 1.82) is 0 Å². The van der Waals surface area contributed by atoms with E-state index in [0.717, 1.165) is 24.9 Å². The van der Waals surface area contributed by atoms with E-state index in [1.807, 2.05) is 19.1 Å². The summed E-state index contributed by atoms with van der Waals surface area (Å²) >= 11 is 6.04. The molecule has 0 saturated heterocycles. The number of hydrogen-bond acceptors (Lipinski definition) is 1. The Kier molecular flexibility index (Phi) is 5.77. The number of halogens is 2. The highest BCUT2D eigenvalue weighted by Gasteiger charge is 2.17. The van der Waals surface area contributed by atoms with Crippen molar-refractivity contribution >= 4 is 11.6 Å². The highest BCUT2D eigenvalue weighted by Crippen LogP contribution is 2.27. The van der Waals surface area contributed by atoms with Crippen LogP contribution in [0.25, 0.3) is 0 Å². The number of hydrogen-bond donors (Lipinski definition) is 1. The molecule has 0 heterocycles. The van der Waals surface area contributed by atoms with Crippen LogP contribution in [0.2, 0.25) is 5.02 Å². The monoisotopic (exact) mass is 305 g/mol. The summed E-state index contributed by atoms with van der Waals surface area (Å²) in [5.41, 5.74) is 2.95. The first-order valence-corrected chi connectivity index (χ1v) is 7.80. The lowest BCUT2D eigenvalue weighted by Gasteiger charge is -2.20. The molecule has 21 heavy (non-hydrogen) atoms. The van der Waals surface area contributed by atoms with Crippen LogP contribution in [0.5, 0.6) is 0 Å². The molecule has 0 fully saturated rings. The van der Waals surface area contributed by atoms with E-state index in [-0.39, 0.29) is 11.9 Å². The summed E-state index contributed by atoms with van der Waals surface area (Å²) in [6.07, 6.45) is 2.13. The van der Waals surface area contributed by atoms with Crippen molar-refractivity contribution in [3.63, 3.8) is 0 Å². The molecule has 3 heteroatoms. The van der Waals surface area contributed by atoms with Gasteiger partial charge in [-0.3, -0.25) is 0 Å². The van der Waals surface area contributed by atoms with Crippen LogP contribution in [0.15, 0.2) is 42.5 Å². The standard InChI is InChI=1S/C18H21ClFN/c1-3-6-13-7-5-8-14(11-13)18(21-4-2)16-12-15(19)9-10-17(16)20/h5,7-12,18,21H,3-4,6H2,1-2H3. The summed E-state index contributed by atoms with van der Waals surface area (Å²) < 4.78 is 14.2. The van der Waals surface area contributed by atoms with Gasteiger partial charge in [-0.05, 0) is 42.3 Å². The lowest BCUT2D eigenvalue weighted by atomic mass is 9.95. The summed E-state index contributed by atoms with van der Waals surface area (Å²) in [5, 5.41) is 3.91. The lowest BCUT2D eigenvalue weighted by Crippen LogP contribution is -2.23. The van der Waals surface area contributed by atoms with E-state index in [0.29, 0.717) is 10.6 Å². The van der Waals surface area contributed by atoms with E-state index in [9.17, 15) is 4.39 Å². The van der Waals surface area contributed by atoms with Crippen LogP contribution in [0.4, 0.5) is 4.39 Å². The molecule has 1 atom stereocenters. The Bertz CT molecular complexity index is 598. The topological polar surface area (TPSA) is 12.0 Å². The van der Waals surface area contributed by atoms with Gasteiger partial charge < -0.3 is 5.32 Å². The molecule has 1 N–H and O–H groups in total. The van der Waals surface area contributed by atoms with Crippen molar-refractivity contribution in [2.75, 3.05) is 6.54 Å². The maximum atomic E-state index is 14.2. The summed E-state index contributed by atoms with van der Waals surface area (Å²) in [6, 6.07) is 12.9. The Hall–Kier alpha value is -1.38. The third-order valence-corrected chi connectivity index (χ3v) is 3.74. The zero-order valence-corrected chi connectivity index (χ0v) is 13.3. The van der Waals surface area contributed by atoms with Crippen LogP contribution in [-0.4, -0.2) is 6.54 Å². The van der Waals surface area contributed by atoms with Gasteiger partial charge in [0.2, 0.25) is 0 Å². The van der Waals surface area contributed by atoms with Crippen LogP contribution < -0.4 is 5.32 Å². The highest BCUT2D eigenvalue weighted by atomic mass is 35.5. The maximum Gasteiger partial charge on any atom is 0.128 e. The molecule has 112 valence electrons. The molecule has 1 nitrogen and oxygen atoms in total. The number of aryl methyl sites for hydroxylation is 1. The van der Waals surface area contributed by atoms with E-state index in [4.69, 9.17) is 11.6 Å². The molecular formula is C18H21ClFN. The molecule has 0 saturated carbocycles. The van der Waals surface area contributed by atoms with Crippen LogP contribution in [-0.2, 0) is 6.42 Å². The average Bonchev–Trinajstić information content (AvgIpc) is 2.48. The van der Waals surface area contributed by atoms with Crippen molar-refractivity contribution in [3.8, 4) is 0 Å². The minimum Gasteiger partial charge on any atom is -0.306 e. The van der Waals surface area contributed by atoms with E-state index in [1.165, 1.54) is 11.6 Å². The summed E-state index contributed by atoms with van der Waals surface area (Å²) in [6.45, 7) is 4.94. The molecule has 2 aromatic carbocycles. The second-order valence-corrected chi connectivity index (χ2v) is 5.59. The van der Waals surface area contributed by atoms with Crippen molar-refractivity contribution in [2.24, 2.45) is 0 Å². The number of nitrogens with one attached hydrogen (secondary N) is 1. The first kappa shape index (κ1) is 16.0. The lowest BCUT2D eigenvalue weighted by molar-refractivity contribution is 0.559. The SMILES string of the molecule is CCCc1cccc(C(NCC)c2cc(Cl)ccc2F)c1. The minimum atomic E-state index is -0.230. The van der Waals surface area contributed by atoms with Gasteiger partial charge in [-0.15, -0.1) is 0 Å². The van der Waals surface area contributed by atoms with Crippen LogP contribution >= 0.6 is 11.6 Å². The summed E-state index contributed by atoms with van der Waals surface area (Å²) in [5.74, 6) is -0.230. The van der Waals surface area contributed by atoms with Crippen LogP contribution in [0, 0.1) is 5.82 Å². The first-order valence-electron chi connectivity index (χ1n) is 7.42. The molecule has 0 spiro atoms. The van der Waals surface area contributed by atoms with E-state index < -0.39 is 0 Å². The predicted molar refractivity (Wildman–Crippen MR) is 87.4 cm³/mol. The van der Waals surface area contributed by atoms with Crippen molar-refractivity contribution < 1.29 is 4.39 Å². The van der Waals surface area contributed by atoms with Crippen molar-refractivity contribution in [3.05, 3.63) is 70.0 Å². The third kappa shape index (κ3) is 4.05. The van der Waals surface area contributed by atoms with E-state index >= 15 is 0 Å². The molecule has 2 aromatic rings. The summed E-state index contributed by atoms with van der Waals surface area (Å²) in [7, 11) is 0. The molecular weight excluding hydrogens is 285 g/mol. The predicted octanol–water partition coefficient (Wildman–Crippen LogP) is 5.13. The van der Waals surface area contributed by atoms with Gasteiger partial charge in [0, 0.05) is 10.6 Å². The molecule has 0 radical (unpaired) electrons. The summed E-state index contributed by atoms with van der Waals surface area (Å²) in [4.78, 5) is 0. The molecule has 0 amide bonds. The van der Waals surface area contributed by atoms with Gasteiger partial charge in [0.25, 0.3) is 0 Å². The van der Waals surface area contributed by atoms with E-state index in [2.05, 4.69) is 24.4 Å². The fourth-order valence-corrected chi connectivity index (χ4v) is 2.74. The van der Waals surface area contributed by atoms with E-state index in [1.54, 1.807) is 12.1 Å². The maximum absolute atomic E-state index is 14.2. The highest BCUT2D eigenvalue weighted by molar-refractivity contribution is 6.30. The van der Waals surface area contributed by atoms with Crippen LogP contribution in [0.1, 0.15) is 43.0 Å².